The lowest BCUT2D eigenvalue weighted by molar-refractivity contribution is 0.0693. The largest absolute Gasteiger partial charge is 0.369 e. The van der Waals surface area contributed by atoms with Gasteiger partial charge in [-0.25, -0.2) is 0 Å². The predicted molar refractivity (Wildman–Crippen MR) is 110 cm³/mol. The number of piperazine rings is 1. The number of carbonyl (C=O) groups excluding carboxylic acids is 3. The molecule has 4 rings (SSSR count). The van der Waals surface area contributed by atoms with Gasteiger partial charge in [-0.15, -0.1) is 0 Å². The van der Waals surface area contributed by atoms with E-state index < -0.39 is 0 Å². The zero-order chi connectivity index (χ0) is 20.4. The molecule has 29 heavy (non-hydrogen) atoms. The first-order valence-electron chi connectivity index (χ1n) is 9.81. The summed E-state index contributed by atoms with van der Waals surface area (Å²) in [6, 6.07) is 15.0. The zero-order valence-electron chi connectivity index (χ0n) is 16.4. The number of hydrogen-bond acceptors (Lipinski definition) is 5. The summed E-state index contributed by atoms with van der Waals surface area (Å²) in [5, 5.41) is 2.91. The first-order valence-corrected chi connectivity index (χ1v) is 9.81. The van der Waals surface area contributed by atoms with Crippen molar-refractivity contribution in [1.29, 1.82) is 0 Å². The van der Waals surface area contributed by atoms with Gasteiger partial charge in [-0.3, -0.25) is 24.2 Å². The average Bonchev–Trinajstić information content (AvgIpc) is 2.98. The van der Waals surface area contributed by atoms with Gasteiger partial charge in [-0.05, 0) is 30.3 Å². The smallest absolute Gasteiger partial charge is 0.261 e. The van der Waals surface area contributed by atoms with Crippen molar-refractivity contribution in [1.82, 2.24) is 15.1 Å². The minimum atomic E-state index is -0.365. The highest BCUT2D eigenvalue weighted by molar-refractivity contribution is 6.21. The van der Waals surface area contributed by atoms with Crippen LogP contribution in [0.4, 0.5) is 5.69 Å². The third-order valence-electron chi connectivity index (χ3n) is 5.56. The van der Waals surface area contributed by atoms with Crippen LogP contribution in [-0.4, -0.2) is 73.8 Å². The Balaban J connectivity index is 1.26. The fourth-order valence-corrected chi connectivity index (χ4v) is 3.80. The second-order valence-electron chi connectivity index (χ2n) is 7.35. The maximum absolute atomic E-state index is 12.4. The second-order valence-corrected chi connectivity index (χ2v) is 7.35. The first kappa shape index (κ1) is 19.1. The number of hydrogen-bond donors (Lipinski definition) is 1. The number of benzene rings is 2. The molecule has 0 atom stereocenters. The SMILES string of the molecule is CN1C(=O)c2ccc(C(=O)NCCN3CCN(c4ccccc4)CC3)cc2C1=O. The van der Waals surface area contributed by atoms with E-state index in [4.69, 9.17) is 0 Å². The van der Waals surface area contributed by atoms with Crippen molar-refractivity contribution in [2.24, 2.45) is 0 Å². The number of amides is 3. The molecule has 1 N–H and O–H groups in total. The molecule has 0 bridgehead atoms. The van der Waals surface area contributed by atoms with Gasteiger partial charge >= 0.3 is 0 Å². The molecule has 0 saturated carbocycles. The van der Waals surface area contributed by atoms with Gasteiger partial charge in [0.2, 0.25) is 0 Å². The zero-order valence-corrected chi connectivity index (χ0v) is 16.4. The molecule has 2 aliphatic heterocycles. The summed E-state index contributed by atoms with van der Waals surface area (Å²) >= 11 is 0. The Labute approximate surface area is 169 Å². The van der Waals surface area contributed by atoms with E-state index >= 15 is 0 Å². The Bertz CT molecular complexity index is 936. The van der Waals surface area contributed by atoms with Gasteiger partial charge in [-0.2, -0.15) is 0 Å². The van der Waals surface area contributed by atoms with E-state index in [0.717, 1.165) is 37.6 Å². The Morgan fingerprint density at radius 2 is 1.62 bits per heavy atom. The maximum atomic E-state index is 12.4. The minimum absolute atomic E-state index is 0.231. The molecule has 150 valence electrons. The Morgan fingerprint density at radius 1 is 0.931 bits per heavy atom. The van der Waals surface area contributed by atoms with Gasteiger partial charge < -0.3 is 10.2 Å². The van der Waals surface area contributed by atoms with Crippen molar-refractivity contribution in [3.05, 3.63) is 65.2 Å². The average molecular weight is 392 g/mol. The van der Waals surface area contributed by atoms with Crippen LogP contribution in [-0.2, 0) is 0 Å². The lowest BCUT2D eigenvalue weighted by Crippen LogP contribution is -2.48. The van der Waals surface area contributed by atoms with Crippen molar-refractivity contribution < 1.29 is 14.4 Å². The van der Waals surface area contributed by atoms with E-state index in [0.29, 0.717) is 23.2 Å². The van der Waals surface area contributed by atoms with Crippen molar-refractivity contribution >= 4 is 23.4 Å². The standard InChI is InChI=1S/C22H24N4O3/c1-24-21(28)18-8-7-16(15-19(18)22(24)29)20(27)23-9-10-25-11-13-26(14-12-25)17-5-3-2-4-6-17/h2-8,15H,9-14H2,1H3,(H,23,27). The topological polar surface area (TPSA) is 73.0 Å². The molecule has 7 heteroatoms. The van der Waals surface area contributed by atoms with E-state index in [1.807, 2.05) is 6.07 Å². The molecule has 3 amide bonds. The minimum Gasteiger partial charge on any atom is -0.369 e. The number of para-hydroxylation sites is 1. The van der Waals surface area contributed by atoms with Gasteiger partial charge in [0.05, 0.1) is 11.1 Å². The number of nitrogens with one attached hydrogen (secondary N) is 1. The van der Waals surface area contributed by atoms with Crippen LogP contribution in [0.25, 0.3) is 0 Å². The van der Waals surface area contributed by atoms with Crippen LogP contribution < -0.4 is 10.2 Å². The molecule has 0 aliphatic carbocycles. The molecular weight excluding hydrogens is 368 g/mol. The van der Waals surface area contributed by atoms with Crippen molar-refractivity contribution in [3.8, 4) is 0 Å². The van der Waals surface area contributed by atoms with Crippen LogP contribution in [0.1, 0.15) is 31.1 Å². The molecule has 0 spiro atoms. The molecule has 2 aromatic carbocycles. The lowest BCUT2D eigenvalue weighted by Gasteiger charge is -2.36. The highest BCUT2D eigenvalue weighted by atomic mass is 16.2. The lowest BCUT2D eigenvalue weighted by atomic mass is 10.1. The highest BCUT2D eigenvalue weighted by Crippen LogP contribution is 2.22. The summed E-state index contributed by atoms with van der Waals surface area (Å²) in [5.41, 5.74) is 2.29. The quantitative estimate of drug-likeness (QED) is 0.780. The summed E-state index contributed by atoms with van der Waals surface area (Å²) < 4.78 is 0. The van der Waals surface area contributed by atoms with Crippen molar-refractivity contribution in [2.75, 3.05) is 51.2 Å². The summed E-state index contributed by atoms with van der Waals surface area (Å²) in [6.45, 7) is 5.14. The summed E-state index contributed by atoms with van der Waals surface area (Å²) in [5.74, 6) is -0.923. The molecule has 2 aromatic rings. The van der Waals surface area contributed by atoms with Gasteiger partial charge in [-0.1, -0.05) is 18.2 Å². The Morgan fingerprint density at radius 3 is 2.34 bits per heavy atom. The number of carbonyl (C=O) groups is 3. The molecule has 7 nitrogen and oxygen atoms in total. The summed E-state index contributed by atoms with van der Waals surface area (Å²) in [4.78, 5) is 42.3. The summed E-state index contributed by atoms with van der Waals surface area (Å²) in [6.07, 6.45) is 0. The molecule has 2 aliphatic rings. The molecule has 1 fully saturated rings. The maximum Gasteiger partial charge on any atom is 0.261 e. The van der Waals surface area contributed by atoms with Gasteiger partial charge in [0.25, 0.3) is 17.7 Å². The molecular formula is C22H24N4O3. The van der Waals surface area contributed by atoms with Crippen LogP contribution in [0.2, 0.25) is 0 Å². The fraction of sp³-hybridized carbons (Fsp3) is 0.318. The van der Waals surface area contributed by atoms with E-state index in [1.165, 1.54) is 18.8 Å². The normalized spacial score (nSPS) is 16.9. The molecule has 1 saturated heterocycles. The third kappa shape index (κ3) is 3.86. The highest BCUT2D eigenvalue weighted by Gasteiger charge is 2.33. The fourth-order valence-electron chi connectivity index (χ4n) is 3.80. The van der Waals surface area contributed by atoms with Crippen LogP contribution in [0, 0.1) is 0 Å². The predicted octanol–water partition coefficient (Wildman–Crippen LogP) is 1.46. The number of anilines is 1. The number of fused-ring (bicyclic) bond motifs is 1. The van der Waals surface area contributed by atoms with E-state index in [2.05, 4.69) is 39.4 Å². The van der Waals surface area contributed by atoms with Gasteiger partial charge in [0, 0.05) is 57.6 Å². The Kier molecular flexibility index (Phi) is 5.31. The van der Waals surface area contributed by atoms with Crippen LogP contribution in [0.5, 0.6) is 0 Å². The number of imide groups is 1. The van der Waals surface area contributed by atoms with Crippen molar-refractivity contribution in [2.45, 2.75) is 0 Å². The Hall–Kier alpha value is -3.19. The molecule has 0 radical (unpaired) electrons. The van der Waals surface area contributed by atoms with Gasteiger partial charge in [0.1, 0.15) is 0 Å². The number of rotatable bonds is 5. The summed E-state index contributed by atoms with van der Waals surface area (Å²) in [7, 11) is 1.45. The van der Waals surface area contributed by atoms with Crippen LogP contribution in [0.15, 0.2) is 48.5 Å². The monoisotopic (exact) mass is 392 g/mol. The van der Waals surface area contributed by atoms with Crippen molar-refractivity contribution in [3.63, 3.8) is 0 Å². The first-order chi connectivity index (χ1) is 14.0. The second kappa shape index (κ2) is 8.05. The van der Waals surface area contributed by atoms with Gasteiger partial charge in [0.15, 0.2) is 0 Å². The van der Waals surface area contributed by atoms with Crippen LogP contribution in [0.3, 0.4) is 0 Å². The molecule has 0 unspecified atom stereocenters. The van der Waals surface area contributed by atoms with E-state index in [-0.39, 0.29) is 17.7 Å². The number of nitrogens with zero attached hydrogens (tertiary/aromatic N) is 3. The van der Waals surface area contributed by atoms with E-state index in [9.17, 15) is 14.4 Å². The molecule has 0 aromatic heterocycles. The molecule has 2 heterocycles. The third-order valence-corrected chi connectivity index (χ3v) is 5.56. The van der Waals surface area contributed by atoms with Crippen LogP contribution >= 0.6 is 0 Å². The van der Waals surface area contributed by atoms with E-state index in [1.54, 1.807) is 12.1 Å².